The van der Waals surface area contributed by atoms with Crippen LogP contribution in [0.15, 0.2) is 30.5 Å². The molecule has 0 fully saturated rings. The molecule has 0 aliphatic heterocycles. The van der Waals surface area contributed by atoms with Gasteiger partial charge in [0.25, 0.3) is 0 Å². The molecule has 0 radical (unpaired) electrons. The van der Waals surface area contributed by atoms with Crippen LogP contribution in [-0.2, 0) is 0 Å². The third-order valence-corrected chi connectivity index (χ3v) is 3.71. The van der Waals surface area contributed by atoms with Gasteiger partial charge in [0.05, 0.1) is 5.69 Å². The third-order valence-electron chi connectivity index (χ3n) is 3.48. The van der Waals surface area contributed by atoms with Crippen LogP contribution in [0.1, 0.15) is 0 Å². The van der Waals surface area contributed by atoms with Crippen LogP contribution in [0, 0.1) is 0 Å². The molecule has 0 atom stereocenters. The second-order valence-electron chi connectivity index (χ2n) is 5.12. The smallest absolute Gasteiger partial charge is 0.230 e. The number of halogens is 1. The van der Waals surface area contributed by atoms with Crippen LogP contribution in [0.25, 0.3) is 22.0 Å². The molecule has 2 heterocycles. The minimum Gasteiger partial charge on any atom is -0.476 e. The van der Waals surface area contributed by atoms with Gasteiger partial charge in [0.2, 0.25) is 11.8 Å². The first kappa shape index (κ1) is 16.2. The SMILES string of the molecule is CNCCOc1nc(N)nc(N)c1-c1nccc2ccc(Cl)cc12. The molecule has 8 heteroatoms. The lowest BCUT2D eigenvalue weighted by Gasteiger charge is -2.14. The number of hydrogen-bond acceptors (Lipinski definition) is 7. The first-order valence-electron chi connectivity index (χ1n) is 7.35. The van der Waals surface area contributed by atoms with E-state index in [9.17, 15) is 0 Å². The number of hydrogen-bond donors (Lipinski definition) is 3. The van der Waals surface area contributed by atoms with Gasteiger partial charge in [-0.15, -0.1) is 0 Å². The summed E-state index contributed by atoms with van der Waals surface area (Å²) in [5.74, 6) is 0.561. The number of nitrogens with one attached hydrogen (secondary N) is 1. The minimum atomic E-state index is 0.0500. The van der Waals surface area contributed by atoms with Crippen molar-refractivity contribution in [3.05, 3.63) is 35.5 Å². The number of likely N-dealkylation sites (N-methyl/N-ethyl adjacent to an activating group) is 1. The van der Waals surface area contributed by atoms with Crippen molar-refractivity contribution in [2.24, 2.45) is 0 Å². The number of benzene rings is 1. The third kappa shape index (κ3) is 3.17. The molecular formula is C16H17ClN6O. The zero-order valence-corrected chi connectivity index (χ0v) is 13.8. The van der Waals surface area contributed by atoms with E-state index in [1.165, 1.54) is 0 Å². The Kier molecular flexibility index (Phi) is 4.64. The minimum absolute atomic E-state index is 0.0500. The number of ether oxygens (including phenoxy) is 1. The fraction of sp³-hybridized carbons (Fsp3) is 0.188. The molecule has 3 aromatic rings. The van der Waals surface area contributed by atoms with Crippen LogP contribution >= 0.6 is 11.6 Å². The molecule has 24 heavy (non-hydrogen) atoms. The zero-order chi connectivity index (χ0) is 17.1. The molecule has 0 aliphatic rings. The lowest BCUT2D eigenvalue weighted by molar-refractivity contribution is 0.308. The van der Waals surface area contributed by atoms with Gasteiger partial charge in [0.1, 0.15) is 18.0 Å². The van der Waals surface area contributed by atoms with Gasteiger partial charge in [-0.2, -0.15) is 9.97 Å². The van der Waals surface area contributed by atoms with Crippen molar-refractivity contribution in [2.75, 3.05) is 31.7 Å². The van der Waals surface area contributed by atoms with Crippen LogP contribution in [0.2, 0.25) is 5.02 Å². The van der Waals surface area contributed by atoms with E-state index >= 15 is 0 Å². The number of nitrogens with two attached hydrogens (primary N) is 2. The molecule has 0 saturated carbocycles. The Morgan fingerprint density at radius 1 is 1.21 bits per heavy atom. The molecule has 7 nitrogen and oxygen atoms in total. The van der Waals surface area contributed by atoms with Crippen molar-refractivity contribution in [3.8, 4) is 17.1 Å². The Bertz CT molecular complexity index is 886. The lowest BCUT2D eigenvalue weighted by Crippen LogP contribution is -2.17. The molecule has 0 spiro atoms. The zero-order valence-electron chi connectivity index (χ0n) is 13.1. The van der Waals surface area contributed by atoms with E-state index in [2.05, 4.69) is 20.3 Å². The highest BCUT2D eigenvalue weighted by atomic mass is 35.5. The quantitative estimate of drug-likeness (QED) is 0.607. The highest BCUT2D eigenvalue weighted by Gasteiger charge is 2.19. The average molecular weight is 345 g/mol. The number of nitrogens with zero attached hydrogens (tertiary/aromatic N) is 3. The summed E-state index contributed by atoms with van der Waals surface area (Å²) in [6, 6.07) is 7.46. The fourth-order valence-corrected chi connectivity index (χ4v) is 2.56. The van der Waals surface area contributed by atoms with Crippen molar-refractivity contribution >= 4 is 34.1 Å². The highest BCUT2D eigenvalue weighted by Crippen LogP contribution is 2.37. The van der Waals surface area contributed by atoms with Crippen LogP contribution in [0.3, 0.4) is 0 Å². The van der Waals surface area contributed by atoms with Crippen LogP contribution < -0.4 is 21.5 Å². The van der Waals surface area contributed by atoms with Gasteiger partial charge in [-0.1, -0.05) is 17.7 Å². The van der Waals surface area contributed by atoms with Crippen molar-refractivity contribution in [1.82, 2.24) is 20.3 Å². The first-order chi connectivity index (χ1) is 11.6. The molecule has 124 valence electrons. The second kappa shape index (κ2) is 6.86. The van der Waals surface area contributed by atoms with Crippen molar-refractivity contribution in [2.45, 2.75) is 0 Å². The summed E-state index contributed by atoms with van der Waals surface area (Å²) in [4.78, 5) is 12.7. The van der Waals surface area contributed by atoms with Gasteiger partial charge in [0, 0.05) is 23.2 Å². The molecule has 0 bridgehead atoms. The van der Waals surface area contributed by atoms with E-state index in [1.807, 2.05) is 31.3 Å². The van der Waals surface area contributed by atoms with E-state index in [0.29, 0.717) is 35.3 Å². The summed E-state index contributed by atoms with van der Waals surface area (Å²) in [5, 5.41) is 5.41. The summed E-state index contributed by atoms with van der Waals surface area (Å²) >= 11 is 6.14. The van der Waals surface area contributed by atoms with Crippen molar-refractivity contribution in [3.63, 3.8) is 0 Å². The normalized spacial score (nSPS) is 10.9. The maximum atomic E-state index is 6.14. The van der Waals surface area contributed by atoms with Crippen LogP contribution in [0.4, 0.5) is 11.8 Å². The molecule has 2 aromatic heterocycles. The molecule has 1 aromatic carbocycles. The van der Waals surface area contributed by atoms with Crippen molar-refractivity contribution < 1.29 is 4.74 Å². The predicted molar refractivity (Wildman–Crippen MR) is 96.0 cm³/mol. The summed E-state index contributed by atoms with van der Waals surface area (Å²) in [6.45, 7) is 1.06. The molecule has 0 saturated heterocycles. The topological polar surface area (TPSA) is 112 Å². The van der Waals surface area contributed by atoms with Crippen LogP contribution in [-0.4, -0.2) is 35.2 Å². The number of anilines is 2. The maximum Gasteiger partial charge on any atom is 0.230 e. The summed E-state index contributed by atoms with van der Waals surface area (Å²) in [7, 11) is 1.83. The predicted octanol–water partition coefficient (Wildman–Crippen LogP) is 2.11. The summed E-state index contributed by atoms with van der Waals surface area (Å²) < 4.78 is 5.73. The number of nitrogen functional groups attached to an aromatic ring is 2. The largest absolute Gasteiger partial charge is 0.476 e. The highest BCUT2D eigenvalue weighted by molar-refractivity contribution is 6.31. The molecular weight excluding hydrogens is 328 g/mol. The van der Waals surface area contributed by atoms with E-state index < -0.39 is 0 Å². The van der Waals surface area contributed by atoms with Crippen LogP contribution in [0.5, 0.6) is 5.88 Å². The molecule has 3 rings (SSSR count). The molecule has 5 N–H and O–H groups in total. The van der Waals surface area contributed by atoms with Gasteiger partial charge in [-0.05, 0) is 30.6 Å². The van der Waals surface area contributed by atoms with E-state index in [-0.39, 0.29) is 11.8 Å². The van der Waals surface area contributed by atoms with Gasteiger partial charge in [0.15, 0.2) is 0 Å². The van der Waals surface area contributed by atoms with E-state index in [1.54, 1.807) is 6.20 Å². The Morgan fingerprint density at radius 3 is 2.83 bits per heavy atom. The summed E-state index contributed by atoms with van der Waals surface area (Å²) in [5.41, 5.74) is 12.9. The average Bonchev–Trinajstić information content (AvgIpc) is 2.54. The Labute approximate surface area is 144 Å². The summed E-state index contributed by atoms with van der Waals surface area (Å²) in [6.07, 6.45) is 1.69. The van der Waals surface area contributed by atoms with Crippen molar-refractivity contribution in [1.29, 1.82) is 0 Å². The Morgan fingerprint density at radius 2 is 2.04 bits per heavy atom. The number of aromatic nitrogens is 3. The van der Waals surface area contributed by atoms with Gasteiger partial charge >= 0.3 is 0 Å². The molecule has 0 amide bonds. The number of pyridine rings is 1. The molecule has 0 aliphatic carbocycles. The first-order valence-corrected chi connectivity index (χ1v) is 7.73. The van der Waals surface area contributed by atoms with E-state index in [4.69, 9.17) is 27.8 Å². The van der Waals surface area contributed by atoms with Gasteiger partial charge < -0.3 is 21.5 Å². The monoisotopic (exact) mass is 344 g/mol. The maximum absolute atomic E-state index is 6.14. The number of fused-ring (bicyclic) bond motifs is 1. The Hall–Kier alpha value is -2.64. The lowest BCUT2D eigenvalue weighted by atomic mass is 10.1. The number of rotatable bonds is 5. The standard InChI is InChI=1S/C16H17ClN6O/c1-20-6-7-24-15-12(14(18)22-16(19)23-15)13-11-8-10(17)3-2-9(11)4-5-21-13/h2-5,8,20H,6-7H2,1H3,(H4,18,19,22,23). The Balaban J connectivity index is 2.20. The van der Waals surface area contributed by atoms with E-state index in [0.717, 1.165) is 10.8 Å². The van der Waals surface area contributed by atoms with Gasteiger partial charge in [-0.3, -0.25) is 4.98 Å². The van der Waals surface area contributed by atoms with Gasteiger partial charge in [-0.25, -0.2) is 0 Å². The molecule has 0 unspecified atom stereocenters. The fourth-order valence-electron chi connectivity index (χ4n) is 2.39. The second-order valence-corrected chi connectivity index (χ2v) is 5.56.